The second kappa shape index (κ2) is 8.57. The number of hydrogen-bond donors (Lipinski definition) is 3. The summed E-state index contributed by atoms with van der Waals surface area (Å²) in [6, 6.07) is 8.75. The summed E-state index contributed by atoms with van der Waals surface area (Å²) in [5.74, 6) is 1.35. The first-order valence-electron chi connectivity index (χ1n) is 9.90. The van der Waals surface area contributed by atoms with E-state index in [4.69, 9.17) is 19.8 Å². The zero-order valence-corrected chi connectivity index (χ0v) is 17.3. The molecule has 9 nitrogen and oxygen atoms in total. The zero-order valence-electron chi connectivity index (χ0n) is 16.4. The number of hydrogen-bond acceptors (Lipinski definition) is 7. The highest BCUT2D eigenvalue weighted by Gasteiger charge is 2.41. The Balaban J connectivity index is 1.74. The molecule has 1 saturated heterocycles. The van der Waals surface area contributed by atoms with Crippen LogP contribution in [-0.2, 0) is 20.9 Å². The van der Waals surface area contributed by atoms with Crippen molar-refractivity contribution in [2.75, 3.05) is 42.3 Å². The lowest BCUT2D eigenvalue weighted by molar-refractivity contribution is 0.122. The smallest absolute Gasteiger partial charge is 0.409 e. The summed E-state index contributed by atoms with van der Waals surface area (Å²) in [4.78, 5) is 22.5. The molecule has 10 heteroatoms. The molecule has 0 radical (unpaired) electrons. The quantitative estimate of drug-likeness (QED) is 0.594. The number of morpholine rings is 1. The third kappa shape index (κ3) is 4.39. The average molecular weight is 433 g/mol. The number of thiol groups is 1. The third-order valence-corrected chi connectivity index (χ3v) is 6.59. The van der Waals surface area contributed by atoms with Crippen LogP contribution in [0.15, 0.2) is 30.3 Å². The molecule has 1 aromatic heterocycles. The number of nitrogens with zero attached hydrogens (tertiary/aromatic N) is 3. The molecule has 2 heterocycles. The first-order chi connectivity index (χ1) is 14.4. The van der Waals surface area contributed by atoms with Crippen LogP contribution >= 0.6 is 0 Å². The summed E-state index contributed by atoms with van der Waals surface area (Å²) in [6.45, 7) is 2.64. The Bertz CT molecular complexity index is 991. The van der Waals surface area contributed by atoms with Crippen LogP contribution in [0.5, 0.6) is 0 Å². The van der Waals surface area contributed by atoms with Crippen LogP contribution in [0.1, 0.15) is 25.0 Å². The molecule has 2 N–H and O–H groups in total. The van der Waals surface area contributed by atoms with Gasteiger partial charge in [0, 0.05) is 35.8 Å². The molecule has 160 valence electrons. The topological polar surface area (TPSA) is 122 Å². The van der Waals surface area contributed by atoms with Gasteiger partial charge in [0.15, 0.2) is 5.82 Å². The maximum Gasteiger partial charge on any atom is 0.409 e. The number of rotatable bonds is 6. The van der Waals surface area contributed by atoms with Crippen molar-refractivity contribution in [2.24, 2.45) is 0 Å². The second-order valence-electron chi connectivity index (χ2n) is 7.67. The minimum atomic E-state index is -2.53. The molecule has 1 aromatic carbocycles. The van der Waals surface area contributed by atoms with Gasteiger partial charge in [-0.25, -0.2) is 23.2 Å². The van der Waals surface area contributed by atoms with E-state index in [-0.39, 0.29) is 5.75 Å². The number of aromatic nitrogens is 2. The number of anilines is 2. The lowest BCUT2D eigenvalue weighted by Gasteiger charge is -2.40. The van der Waals surface area contributed by atoms with E-state index >= 15 is 0 Å². The predicted molar refractivity (Wildman–Crippen MR) is 113 cm³/mol. The molecule has 2 aliphatic rings. The molecule has 2 aromatic rings. The van der Waals surface area contributed by atoms with E-state index in [1.807, 2.05) is 6.07 Å². The highest BCUT2D eigenvalue weighted by molar-refractivity contribution is 7.72. The number of carbonyl (C=O) groups is 1. The standard InChI is InChI=1S/C20H24N4O5S/c25-19(26)21-15-4-2-14(3-5-15)18-22-16(20(6-1-7-20)13-30(27)28)12-17(23-18)24-8-10-29-11-9-24/h2-5,12,21,30H,1,6-11,13H2,(H,25,26). The fourth-order valence-electron chi connectivity index (χ4n) is 3.96. The number of nitrogens with one attached hydrogen (secondary N) is 1. The van der Waals surface area contributed by atoms with Crippen molar-refractivity contribution in [1.29, 1.82) is 0 Å². The normalized spacial score (nSPS) is 18.1. The SMILES string of the molecule is O=C(O)Nc1ccc(-c2nc(N3CCOCC3)cc(C3(C[SH](=O)=O)CCC3)n2)cc1. The van der Waals surface area contributed by atoms with Crippen LogP contribution in [0.2, 0.25) is 0 Å². The van der Waals surface area contributed by atoms with Crippen molar-refractivity contribution in [1.82, 2.24) is 9.97 Å². The van der Waals surface area contributed by atoms with Gasteiger partial charge in [0.1, 0.15) is 16.5 Å². The van der Waals surface area contributed by atoms with Crippen LogP contribution in [0, 0.1) is 0 Å². The van der Waals surface area contributed by atoms with Crippen molar-refractivity contribution in [3.8, 4) is 11.4 Å². The summed E-state index contributed by atoms with van der Waals surface area (Å²) < 4.78 is 28.6. The van der Waals surface area contributed by atoms with E-state index in [1.165, 1.54) is 0 Å². The molecule has 30 heavy (non-hydrogen) atoms. The fraction of sp³-hybridized carbons (Fsp3) is 0.450. The third-order valence-electron chi connectivity index (χ3n) is 5.73. The van der Waals surface area contributed by atoms with E-state index in [0.29, 0.717) is 37.8 Å². The molecule has 0 spiro atoms. The Morgan fingerprint density at radius 3 is 2.43 bits per heavy atom. The zero-order chi connectivity index (χ0) is 21.1. The van der Waals surface area contributed by atoms with Gasteiger partial charge >= 0.3 is 6.09 Å². The molecule has 1 aliphatic carbocycles. The lowest BCUT2D eigenvalue weighted by atomic mass is 9.68. The first-order valence-corrected chi connectivity index (χ1v) is 11.3. The van der Waals surface area contributed by atoms with Gasteiger partial charge in [-0.1, -0.05) is 6.42 Å². The maximum absolute atomic E-state index is 11.6. The second-order valence-corrected chi connectivity index (χ2v) is 8.65. The Kier molecular flexibility index (Phi) is 5.87. The molecule has 4 rings (SSSR count). The number of carboxylic acid groups (broad SMARTS) is 1. The lowest BCUT2D eigenvalue weighted by Crippen LogP contribution is -2.41. The molecule has 1 saturated carbocycles. The van der Waals surface area contributed by atoms with Crippen molar-refractivity contribution in [2.45, 2.75) is 24.7 Å². The molecule has 0 atom stereocenters. The van der Waals surface area contributed by atoms with E-state index in [2.05, 4.69) is 10.2 Å². The number of ether oxygens (including phenoxy) is 1. The van der Waals surface area contributed by atoms with E-state index in [9.17, 15) is 13.2 Å². The highest BCUT2D eigenvalue weighted by Crippen LogP contribution is 2.44. The first kappa shape index (κ1) is 20.5. The van der Waals surface area contributed by atoms with Crippen LogP contribution in [0.3, 0.4) is 0 Å². The molecule has 0 bridgehead atoms. The van der Waals surface area contributed by atoms with Crippen LogP contribution in [-0.4, -0.2) is 61.6 Å². The molecule has 1 aliphatic heterocycles. The van der Waals surface area contributed by atoms with Crippen LogP contribution in [0.25, 0.3) is 11.4 Å². The van der Waals surface area contributed by atoms with Gasteiger partial charge in [0.25, 0.3) is 0 Å². The fourth-order valence-corrected chi connectivity index (χ4v) is 4.93. The summed E-state index contributed by atoms with van der Waals surface area (Å²) in [7, 11) is -2.53. The van der Waals surface area contributed by atoms with Gasteiger partial charge in [0.05, 0.1) is 24.7 Å². The van der Waals surface area contributed by atoms with Crippen LogP contribution < -0.4 is 10.2 Å². The monoisotopic (exact) mass is 432 g/mol. The van der Waals surface area contributed by atoms with Gasteiger partial charge in [-0.15, -0.1) is 0 Å². The molecule has 2 fully saturated rings. The molecule has 1 amide bonds. The Morgan fingerprint density at radius 2 is 1.87 bits per heavy atom. The number of benzene rings is 1. The summed E-state index contributed by atoms with van der Waals surface area (Å²) >= 11 is 0. The molecule has 0 unspecified atom stereocenters. The minimum Gasteiger partial charge on any atom is -0.465 e. The summed E-state index contributed by atoms with van der Waals surface area (Å²) in [5.41, 5.74) is 1.49. The highest BCUT2D eigenvalue weighted by atomic mass is 32.2. The van der Waals surface area contributed by atoms with Crippen molar-refractivity contribution >= 4 is 28.3 Å². The van der Waals surface area contributed by atoms with Crippen molar-refractivity contribution < 1.29 is 23.1 Å². The summed E-state index contributed by atoms with van der Waals surface area (Å²) in [5, 5.41) is 11.2. The van der Waals surface area contributed by atoms with Gasteiger partial charge in [-0.3, -0.25) is 5.32 Å². The maximum atomic E-state index is 11.6. The van der Waals surface area contributed by atoms with Gasteiger partial charge in [-0.2, -0.15) is 0 Å². The minimum absolute atomic E-state index is 0.0861. The Morgan fingerprint density at radius 1 is 1.17 bits per heavy atom. The van der Waals surface area contributed by atoms with E-state index in [1.54, 1.807) is 24.3 Å². The van der Waals surface area contributed by atoms with Gasteiger partial charge in [0.2, 0.25) is 0 Å². The Hall–Kier alpha value is -2.72. The average Bonchev–Trinajstić information content (AvgIpc) is 2.71. The molecular weight excluding hydrogens is 408 g/mol. The van der Waals surface area contributed by atoms with Gasteiger partial charge < -0.3 is 14.7 Å². The largest absolute Gasteiger partial charge is 0.465 e. The van der Waals surface area contributed by atoms with Gasteiger partial charge in [-0.05, 0) is 37.1 Å². The predicted octanol–water partition coefficient (Wildman–Crippen LogP) is 2.10. The summed E-state index contributed by atoms with van der Waals surface area (Å²) in [6.07, 6.45) is 1.42. The number of amides is 1. The van der Waals surface area contributed by atoms with Crippen molar-refractivity contribution in [3.05, 3.63) is 36.0 Å². The van der Waals surface area contributed by atoms with Crippen LogP contribution in [0.4, 0.5) is 16.3 Å². The van der Waals surface area contributed by atoms with E-state index < -0.39 is 22.2 Å². The van der Waals surface area contributed by atoms with Crippen molar-refractivity contribution in [3.63, 3.8) is 0 Å². The molecular formula is C20H24N4O5S. The van der Waals surface area contributed by atoms with E-state index in [0.717, 1.165) is 36.3 Å². The Labute approximate surface area is 176 Å².